The molecule has 1 aliphatic rings. The van der Waals surface area contributed by atoms with Crippen LogP contribution in [0.3, 0.4) is 0 Å². The summed E-state index contributed by atoms with van der Waals surface area (Å²) in [6.07, 6.45) is -4.00. The summed E-state index contributed by atoms with van der Waals surface area (Å²) >= 11 is 6.81. The van der Waals surface area contributed by atoms with Crippen molar-refractivity contribution in [2.75, 3.05) is 6.61 Å². The molecule has 0 bridgehead atoms. The second-order valence-corrected chi connectivity index (χ2v) is 9.71. The van der Waals surface area contributed by atoms with E-state index < -0.39 is 56.3 Å². The molecule has 4 aromatic rings. The number of rotatable bonds is 13. The van der Waals surface area contributed by atoms with E-state index in [1.807, 2.05) is 72.8 Å². The van der Waals surface area contributed by atoms with Gasteiger partial charge in [0.05, 0.1) is 38.4 Å². The fraction of sp³-hybridized carbons (Fsp3) is 0.294. The van der Waals surface area contributed by atoms with E-state index in [1.54, 1.807) is 48.5 Å². The van der Waals surface area contributed by atoms with E-state index in [-0.39, 0.29) is 6.61 Å². The average molecular weight is 563 g/mol. The van der Waals surface area contributed by atoms with Crippen molar-refractivity contribution in [3.8, 4) is 0 Å². The monoisotopic (exact) mass is 562 g/mol. The quantitative estimate of drug-likeness (QED) is 0.165. The highest BCUT2D eigenvalue weighted by atomic mass is 35.5. The maximum Gasteiger partial charge on any atom is 0.160 e. The van der Waals surface area contributed by atoms with Gasteiger partial charge in [0.1, 0.15) is 24.4 Å². The van der Waals surface area contributed by atoms with Gasteiger partial charge in [-0.15, -0.1) is 0 Å². The van der Waals surface area contributed by atoms with Crippen molar-refractivity contribution in [2.24, 2.45) is 0 Å². The molecule has 4 aromatic carbocycles. The molecule has 208 valence electrons. The van der Waals surface area contributed by atoms with Gasteiger partial charge in [-0.05, 0) is 22.3 Å². The van der Waals surface area contributed by atoms with Crippen molar-refractivity contribution in [1.82, 2.24) is 0 Å². The molecule has 1 aliphatic heterocycles. The molecule has 9 atom stereocenters. The molecule has 0 radical (unpaired) electrons. The molecule has 5 nitrogen and oxygen atoms in total. The van der Waals surface area contributed by atoms with Gasteiger partial charge in [-0.3, -0.25) is 0 Å². The molecule has 0 aliphatic carbocycles. The standard InChI is InChI=1S/C34H35ClO5/c35-34-33(39-24-29-19-11-4-12-20-29)32(38-23-28-17-9-3-10-18-28)31(37-22-27-15-7-2-8-16-27)30(40-34)25-36-21-26-13-5-1-6-14-26/h1-20,30-34H,21-25H2/t30-,31-,32+,33+,34?/m1/s1/i21D,22D,23D,24D/t21?,22?,23?,24?,30-,31-,32+,33+,34?. The highest BCUT2D eigenvalue weighted by molar-refractivity contribution is 6.20. The lowest BCUT2D eigenvalue weighted by atomic mass is 9.99. The summed E-state index contributed by atoms with van der Waals surface area (Å²) in [6, 6.07) is 36.2. The molecule has 0 aromatic heterocycles. The lowest BCUT2D eigenvalue weighted by Gasteiger charge is -2.44. The second kappa shape index (κ2) is 15.1. The molecular weight excluding hydrogens is 524 g/mol. The Kier molecular flexibility index (Phi) is 8.93. The molecule has 0 saturated carbocycles. The van der Waals surface area contributed by atoms with E-state index in [4.69, 9.17) is 40.8 Å². The molecule has 0 amide bonds. The van der Waals surface area contributed by atoms with Gasteiger partial charge < -0.3 is 23.7 Å². The predicted octanol–water partition coefficient (Wildman–Crippen LogP) is 6.92. The van der Waals surface area contributed by atoms with Gasteiger partial charge in [0.25, 0.3) is 0 Å². The van der Waals surface area contributed by atoms with Gasteiger partial charge in [0.2, 0.25) is 0 Å². The van der Waals surface area contributed by atoms with Crippen LogP contribution in [0.5, 0.6) is 0 Å². The lowest BCUT2D eigenvalue weighted by molar-refractivity contribution is -0.256. The van der Waals surface area contributed by atoms with Crippen LogP contribution in [0.4, 0.5) is 0 Å². The van der Waals surface area contributed by atoms with Crippen LogP contribution in [0.15, 0.2) is 121 Å². The number of benzene rings is 4. The molecule has 40 heavy (non-hydrogen) atoms. The Bertz CT molecular complexity index is 1390. The van der Waals surface area contributed by atoms with Crippen LogP contribution in [0.1, 0.15) is 27.7 Å². The third-order valence-electron chi connectivity index (χ3n) is 6.34. The minimum Gasteiger partial charge on any atom is -0.374 e. The van der Waals surface area contributed by atoms with Crippen LogP contribution < -0.4 is 0 Å². The molecular formula is C34H35ClO5. The minimum absolute atomic E-state index is 0.109. The summed E-state index contributed by atoms with van der Waals surface area (Å²) in [4.78, 5) is 0. The van der Waals surface area contributed by atoms with Crippen molar-refractivity contribution in [3.05, 3.63) is 144 Å². The molecule has 0 N–H and O–H groups in total. The molecule has 5 rings (SSSR count). The van der Waals surface area contributed by atoms with Gasteiger partial charge >= 0.3 is 0 Å². The maximum atomic E-state index is 8.86. The third-order valence-corrected chi connectivity index (χ3v) is 6.69. The first-order valence-electron chi connectivity index (χ1n) is 15.5. The molecule has 6 heteroatoms. The highest BCUT2D eigenvalue weighted by Crippen LogP contribution is 2.32. The number of alkyl halides is 1. The van der Waals surface area contributed by atoms with Gasteiger partial charge in [-0.1, -0.05) is 133 Å². The fourth-order valence-electron chi connectivity index (χ4n) is 4.30. The van der Waals surface area contributed by atoms with Gasteiger partial charge in [0, 0.05) is 0 Å². The molecule has 1 heterocycles. The first-order chi connectivity index (χ1) is 21.4. The number of hydrogen-bond donors (Lipinski definition) is 0. The zero-order valence-corrected chi connectivity index (χ0v) is 22.6. The topological polar surface area (TPSA) is 46.2 Å². The van der Waals surface area contributed by atoms with Gasteiger partial charge in [0.15, 0.2) is 5.56 Å². The van der Waals surface area contributed by atoms with Crippen molar-refractivity contribution < 1.29 is 29.2 Å². The number of ether oxygens (including phenoxy) is 5. The average Bonchev–Trinajstić information content (AvgIpc) is 3.07. The Morgan fingerprint density at radius 1 is 0.525 bits per heavy atom. The first kappa shape index (κ1) is 23.7. The fourth-order valence-corrected chi connectivity index (χ4v) is 4.63. The van der Waals surface area contributed by atoms with E-state index in [0.29, 0.717) is 22.3 Å². The lowest BCUT2D eigenvalue weighted by Crippen LogP contribution is -2.59. The highest BCUT2D eigenvalue weighted by Gasteiger charge is 2.47. The Balaban J connectivity index is 1.46. The van der Waals surface area contributed by atoms with E-state index in [2.05, 4.69) is 0 Å². The first-order valence-corrected chi connectivity index (χ1v) is 13.6. The van der Waals surface area contributed by atoms with Crippen LogP contribution in [0.25, 0.3) is 0 Å². The van der Waals surface area contributed by atoms with Crippen molar-refractivity contribution in [1.29, 1.82) is 0 Å². The SMILES string of the molecule is [2H]C(OC[C@H]1OC(Cl)[C@@H](OC([2H])c2ccccc2)[C@@H](OC([2H])c2ccccc2)[C@@H]1OC([2H])c1ccccc1)c1ccccc1. The van der Waals surface area contributed by atoms with Crippen molar-refractivity contribution in [3.63, 3.8) is 0 Å². The zero-order valence-electron chi connectivity index (χ0n) is 25.9. The van der Waals surface area contributed by atoms with E-state index in [1.165, 1.54) is 0 Å². The van der Waals surface area contributed by atoms with Crippen LogP contribution in [-0.4, -0.2) is 36.6 Å². The van der Waals surface area contributed by atoms with E-state index >= 15 is 0 Å². The summed E-state index contributed by atoms with van der Waals surface area (Å²) < 4.78 is 66.0. The summed E-state index contributed by atoms with van der Waals surface area (Å²) in [5.74, 6) is 0. The van der Waals surface area contributed by atoms with Gasteiger partial charge in [-0.2, -0.15) is 0 Å². The molecule has 5 unspecified atom stereocenters. The normalized spacial score (nSPS) is 27.3. The van der Waals surface area contributed by atoms with Crippen molar-refractivity contribution >= 4 is 11.6 Å². The Morgan fingerprint density at radius 2 is 0.900 bits per heavy atom. The van der Waals surface area contributed by atoms with E-state index in [0.717, 1.165) is 0 Å². The summed E-state index contributed by atoms with van der Waals surface area (Å²) in [5, 5.41) is 0. The zero-order chi connectivity index (χ0) is 30.9. The van der Waals surface area contributed by atoms with Crippen LogP contribution in [0.2, 0.25) is 0 Å². The molecule has 1 saturated heterocycles. The Morgan fingerprint density at radius 3 is 1.35 bits per heavy atom. The minimum atomic E-state index is -1.16. The second-order valence-electron chi connectivity index (χ2n) is 9.28. The van der Waals surface area contributed by atoms with Crippen molar-refractivity contribution in [2.45, 2.75) is 56.3 Å². The number of hydrogen-bond acceptors (Lipinski definition) is 5. The van der Waals surface area contributed by atoms with Gasteiger partial charge in [-0.25, -0.2) is 0 Å². The molecule has 1 fully saturated rings. The largest absolute Gasteiger partial charge is 0.374 e. The Hall–Kier alpha value is -3.03. The summed E-state index contributed by atoms with van der Waals surface area (Å²) in [5.41, 5.74) is 1.35. The number of halogens is 1. The van der Waals surface area contributed by atoms with Crippen LogP contribution >= 0.6 is 11.6 Å². The Labute approximate surface area is 247 Å². The van der Waals surface area contributed by atoms with Crippen LogP contribution in [0, 0.1) is 0 Å². The summed E-state index contributed by atoms with van der Waals surface area (Å²) in [6.45, 7) is -4.55. The predicted molar refractivity (Wildman–Crippen MR) is 156 cm³/mol. The smallest absolute Gasteiger partial charge is 0.160 e. The third kappa shape index (κ3) is 8.24. The van der Waals surface area contributed by atoms with E-state index in [9.17, 15) is 0 Å². The molecule has 0 spiro atoms. The maximum absolute atomic E-state index is 8.86. The summed E-state index contributed by atoms with van der Waals surface area (Å²) in [7, 11) is 0. The van der Waals surface area contributed by atoms with Crippen LogP contribution in [-0.2, 0) is 50.0 Å².